The standard InChI is InChI=1S/C15H14N4O/c1-9-8-10(6-7-12(9)16)15(20)17-14-11-4-2-3-5-13(11)18-19-14/h2-8H,16H2,1H3,(H2,17,18,19,20). The van der Waals surface area contributed by atoms with Gasteiger partial charge >= 0.3 is 0 Å². The molecule has 0 spiro atoms. The van der Waals surface area contributed by atoms with Gasteiger partial charge in [0.15, 0.2) is 5.82 Å². The highest BCUT2D eigenvalue weighted by molar-refractivity contribution is 6.08. The molecule has 3 rings (SSSR count). The van der Waals surface area contributed by atoms with Crippen LogP contribution in [-0.2, 0) is 0 Å². The molecular formula is C15H14N4O. The number of nitrogens with two attached hydrogens (primary N) is 1. The minimum atomic E-state index is -0.203. The molecule has 2 aromatic carbocycles. The van der Waals surface area contributed by atoms with Crippen molar-refractivity contribution < 1.29 is 4.79 Å². The smallest absolute Gasteiger partial charge is 0.256 e. The van der Waals surface area contributed by atoms with Gasteiger partial charge in [-0.3, -0.25) is 9.89 Å². The average molecular weight is 266 g/mol. The van der Waals surface area contributed by atoms with Crippen LogP contribution in [0.4, 0.5) is 11.5 Å². The highest BCUT2D eigenvalue weighted by Crippen LogP contribution is 2.20. The zero-order valence-electron chi connectivity index (χ0n) is 11.0. The molecular weight excluding hydrogens is 252 g/mol. The molecule has 0 atom stereocenters. The Hall–Kier alpha value is -2.82. The number of fused-ring (bicyclic) bond motifs is 1. The molecule has 0 radical (unpaired) electrons. The zero-order valence-corrected chi connectivity index (χ0v) is 11.0. The molecule has 1 amide bonds. The molecule has 3 aromatic rings. The van der Waals surface area contributed by atoms with Gasteiger partial charge in [0.25, 0.3) is 5.91 Å². The summed E-state index contributed by atoms with van der Waals surface area (Å²) in [5, 5.41) is 10.7. The van der Waals surface area contributed by atoms with Gasteiger partial charge in [-0.25, -0.2) is 0 Å². The molecule has 20 heavy (non-hydrogen) atoms. The van der Waals surface area contributed by atoms with E-state index in [4.69, 9.17) is 5.73 Å². The SMILES string of the molecule is Cc1cc(C(=O)Nc2n[nH]c3ccccc23)ccc1N. The summed E-state index contributed by atoms with van der Waals surface area (Å²) in [4.78, 5) is 12.2. The van der Waals surface area contributed by atoms with Crippen molar-refractivity contribution in [2.24, 2.45) is 0 Å². The minimum Gasteiger partial charge on any atom is -0.399 e. The summed E-state index contributed by atoms with van der Waals surface area (Å²) in [6, 6.07) is 12.8. The van der Waals surface area contributed by atoms with E-state index in [1.54, 1.807) is 18.2 Å². The number of nitrogens with zero attached hydrogens (tertiary/aromatic N) is 1. The van der Waals surface area contributed by atoms with Crippen LogP contribution in [0, 0.1) is 6.92 Å². The van der Waals surface area contributed by atoms with Gasteiger partial charge < -0.3 is 11.1 Å². The fraction of sp³-hybridized carbons (Fsp3) is 0.0667. The summed E-state index contributed by atoms with van der Waals surface area (Å²) in [5.41, 5.74) is 8.75. The number of aromatic amines is 1. The van der Waals surface area contributed by atoms with E-state index in [2.05, 4.69) is 15.5 Å². The number of benzene rings is 2. The lowest BCUT2D eigenvalue weighted by molar-refractivity contribution is 0.102. The van der Waals surface area contributed by atoms with Crippen molar-refractivity contribution in [1.82, 2.24) is 10.2 Å². The normalized spacial score (nSPS) is 10.7. The maximum atomic E-state index is 12.2. The molecule has 0 bridgehead atoms. The van der Waals surface area contributed by atoms with E-state index >= 15 is 0 Å². The van der Waals surface area contributed by atoms with E-state index in [0.29, 0.717) is 17.1 Å². The molecule has 0 saturated heterocycles. The van der Waals surface area contributed by atoms with Gasteiger partial charge in [-0.1, -0.05) is 12.1 Å². The molecule has 0 unspecified atom stereocenters. The van der Waals surface area contributed by atoms with Gasteiger partial charge in [0.05, 0.1) is 5.52 Å². The first-order chi connectivity index (χ1) is 9.65. The lowest BCUT2D eigenvalue weighted by atomic mass is 10.1. The predicted octanol–water partition coefficient (Wildman–Crippen LogP) is 2.71. The number of hydrogen-bond acceptors (Lipinski definition) is 3. The minimum absolute atomic E-state index is 0.203. The van der Waals surface area contributed by atoms with E-state index in [1.165, 1.54) is 0 Å². The van der Waals surface area contributed by atoms with Gasteiger partial charge in [0, 0.05) is 16.6 Å². The molecule has 1 aromatic heterocycles. The Labute approximate surface area is 115 Å². The van der Waals surface area contributed by atoms with Crippen LogP contribution in [0.5, 0.6) is 0 Å². The number of nitrogens with one attached hydrogen (secondary N) is 2. The second-order valence-electron chi connectivity index (χ2n) is 4.64. The van der Waals surface area contributed by atoms with Crippen molar-refractivity contribution in [2.75, 3.05) is 11.1 Å². The fourth-order valence-corrected chi connectivity index (χ4v) is 2.06. The molecule has 1 heterocycles. The number of H-pyrrole nitrogens is 1. The summed E-state index contributed by atoms with van der Waals surface area (Å²) in [6.45, 7) is 1.87. The number of anilines is 2. The Bertz CT molecular complexity index is 791. The molecule has 0 aliphatic carbocycles. The van der Waals surface area contributed by atoms with Crippen LogP contribution in [-0.4, -0.2) is 16.1 Å². The number of carbonyl (C=O) groups is 1. The topological polar surface area (TPSA) is 83.8 Å². The first-order valence-electron chi connectivity index (χ1n) is 6.26. The van der Waals surface area contributed by atoms with Crippen molar-refractivity contribution in [3.8, 4) is 0 Å². The Balaban J connectivity index is 1.90. The molecule has 4 N–H and O–H groups in total. The molecule has 0 fully saturated rings. The highest BCUT2D eigenvalue weighted by Gasteiger charge is 2.11. The zero-order chi connectivity index (χ0) is 14.1. The van der Waals surface area contributed by atoms with Gasteiger partial charge in [0.2, 0.25) is 0 Å². The van der Waals surface area contributed by atoms with Crippen LogP contribution in [0.15, 0.2) is 42.5 Å². The van der Waals surface area contributed by atoms with Crippen LogP contribution in [0.25, 0.3) is 10.9 Å². The summed E-state index contributed by atoms with van der Waals surface area (Å²) in [7, 11) is 0. The number of carbonyl (C=O) groups excluding carboxylic acids is 1. The third kappa shape index (κ3) is 2.09. The Morgan fingerprint density at radius 3 is 2.85 bits per heavy atom. The molecule has 0 saturated carbocycles. The van der Waals surface area contributed by atoms with E-state index in [1.807, 2.05) is 31.2 Å². The predicted molar refractivity (Wildman–Crippen MR) is 79.6 cm³/mol. The van der Waals surface area contributed by atoms with Crippen LogP contribution < -0.4 is 11.1 Å². The average Bonchev–Trinajstić information content (AvgIpc) is 2.85. The fourth-order valence-electron chi connectivity index (χ4n) is 2.06. The lowest BCUT2D eigenvalue weighted by Gasteiger charge is -2.05. The first kappa shape index (κ1) is 12.2. The lowest BCUT2D eigenvalue weighted by Crippen LogP contribution is -2.12. The molecule has 0 aliphatic heterocycles. The second kappa shape index (κ2) is 4.70. The quantitative estimate of drug-likeness (QED) is 0.623. The Morgan fingerprint density at radius 2 is 2.05 bits per heavy atom. The van der Waals surface area contributed by atoms with Gasteiger partial charge in [-0.05, 0) is 42.8 Å². The Kier molecular flexibility index (Phi) is 2.87. The van der Waals surface area contributed by atoms with E-state index in [0.717, 1.165) is 16.5 Å². The molecule has 0 aliphatic rings. The summed E-state index contributed by atoms with van der Waals surface area (Å²) < 4.78 is 0. The molecule has 5 heteroatoms. The summed E-state index contributed by atoms with van der Waals surface area (Å²) in [6.07, 6.45) is 0. The van der Waals surface area contributed by atoms with Crippen molar-refractivity contribution in [3.05, 3.63) is 53.6 Å². The molecule has 100 valence electrons. The largest absolute Gasteiger partial charge is 0.399 e. The van der Waals surface area contributed by atoms with Crippen molar-refractivity contribution in [2.45, 2.75) is 6.92 Å². The number of rotatable bonds is 2. The number of amides is 1. The number of aromatic nitrogens is 2. The monoisotopic (exact) mass is 266 g/mol. The number of hydrogen-bond donors (Lipinski definition) is 3. The second-order valence-corrected chi connectivity index (χ2v) is 4.64. The van der Waals surface area contributed by atoms with Crippen LogP contribution >= 0.6 is 0 Å². The maximum absolute atomic E-state index is 12.2. The number of aryl methyl sites for hydroxylation is 1. The highest BCUT2D eigenvalue weighted by atomic mass is 16.1. The van der Waals surface area contributed by atoms with Crippen molar-refractivity contribution >= 4 is 28.3 Å². The summed E-state index contributed by atoms with van der Waals surface area (Å²) >= 11 is 0. The third-order valence-corrected chi connectivity index (χ3v) is 3.23. The van der Waals surface area contributed by atoms with Crippen molar-refractivity contribution in [1.29, 1.82) is 0 Å². The van der Waals surface area contributed by atoms with E-state index in [9.17, 15) is 4.79 Å². The van der Waals surface area contributed by atoms with Gasteiger partial charge in [-0.2, -0.15) is 5.10 Å². The molecule has 5 nitrogen and oxygen atoms in total. The van der Waals surface area contributed by atoms with Gasteiger partial charge in [-0.15, -0.1) is 0 Å². The maximum Gasteiger partial charge on any atom is 0.256 e. The number of nitrogen functional groups attached to an aromatic ring is 1. The van der Waals surface area contributed by atoms with Crippen LogP contribution in [0.3, 0.4) is 0 Å². The van der Waals surface area contributed by atoms with Gasteiger partial charge in [0.1, 0.15) is 0 Å². The Morgan fingerprint density at radius 1 is 1.25 bits per heavy atom. The van der Waals surface area contributed by atoms with Crippen LogP contribution in [0.1, 0.15) is 15.9 Å². The van der Waals surface area contributed by atoms with E-state index in [-0.39, 0.29) is 5.91 Å². The first-order valence-corrected chi connectivity index (χ1v) is 6.26. The van der Waals surface area contributed by atoms with E-state index < -0.39 is 0 Å². The summed E-state index contributed by atoms with van der Waals surface area (Å²) in [5.74, 6) is 0.324. The van der Waals surface area contributed by atoms with Crippen LogP contribution in [0.2, 0.25) is 0 Å². The van der Waals surface area contributed by atoms with Crippen molar-refractivity contribution in [3.63, 3.8) is 0 Å². The number of para-hydroxylation sites is 1. The third-order valence-electron chi connectivity index (χ3n) is 3.23.